The summed E-state index contributed by atoms with van der Waals surface area (Å²) in [5.74, 6) is 0.0549. The number of rotatable bonds is 4. The van der Waals surface area contributed by atoms with Gasteiger partial charge in [-0.05, 0) is 18.4 Å². The molecule has 0 saturated carbocycles. The van der Waals surface area contributed by atoms with E-state index in [2.05, 4.69) is 11.9 Å². The van der Waals surface area contributed by atoms with E-state index < -0.39 is 0 Å². The highest BCUT2D eigenvalue weighted by molar-refractivity contribution is 5.79. The SMILES string of the molecule is C=C/C=C\NCC(=O)N1C=CC=CC1.CC. The normalized spacial score (nSPS) is 13.2. The van der Waals surface area contributed by atoms with Gasteiger partial charge in [0.2, 0.25) is 5.91 Å². The van der Waals surface area contributed by atoms with Crippen LogP contribution in [0.2, 0.25) is 0 Å². The summed E-state index contributed by atoms with van der Waals surface area (Å²) in [7, 11) is 0. The Bertz CT molecular complexity index is 290. The molecule has 1 aliphatic rings. The van der Waals surface area contributed by atoms with E-state index in [0.29, 0.717) is 13.1 Å². The molecule has 1 N–H and O–H groups in total. The van der Waals surface area contributed by atoms with E-state index in [-0.39, 0.29) is 5.91 Å². The minimum absolute atomic E-state index is 0.0549. The second-order valence-electron chi connectivity index (χ2n) is 2.79. The van der Waals surface area contributed by atoms with Gasteiger partial charge in [0, 0.05) is 12.7 Å². The maximum atomic E-state index is 11.5. The highest BCUT2D eigenvalue weighted by atomic mass is 16.2. The zero-order valence-corrected chi connectivity index (χ0v) is 10.0. The third-order valence-electron chi connectivity index (χ3n) is 1.74. The van der Waals surface area contributed by atoms with Gasteiger partial charge in [-0.1, -0.05) is 38.7 Å². The maximum absolute atomic E-state index is 11.5. The largest absolute Gasteiger partial charge is 0.382 e. The van der Waals surface area contributed by atoms with Crippen molar-refractivity contribution in [2.45, 2.75) is 13.8 Å². The fraction of sp³-hybridized carbons (Fsp3) is 0.308. The second kappa shape index (κ2) is 9.77. The molecule has 0 fully saturated rings. The summed E-state index contributed by atoms with van der Waals surface area (Å²) in [4.78, 5) is 13.1. The smallest absolute Gasteiger partial charge is 0.246 e. The molecule has 88 valence electrons. The fourth-order valence-electron chi connectivity index (χ4n) is 1.04. The van der Waals surface area contributed by atoms with Crippen LogP contribution in [-0.4, -0.2) is 23.9 Å². The molecule has 0 aliphatic carbocycles. The zero-order valence-electron chi connectivity index (χ0n) is 10.0. The van der Waals surface area contributed by atoms with E-state index in [1.54, 1.807) is 29.5 Å². The molecule has 0 aromatic carbocycles. The number of nitrogens with zero attached hydrogens (tertiary/aromatic N) is 1. The number of nitrogens with one attached hydrogen (secondary N) is 1. The first-order valence-corrected chi connectivity index (χ1v) is 5.48. The fourth-order valence-corrected chi connectivity index (χ4v) is 1.04. The second-order valence-corrected chi connectivity index (χ2v) is 2.79. The number of hydrogen-bond acceptors (Lipinski definition) is 2. The Morgan fingerprint density at radius 1 is 1.50 bits per heavy atom. The van der Waals surface area contributed by atoms with Crippen LogP contribution < -0.4 is 5.32 Å². The Balaban J connectivity index is 0.00000106. The van der Waals surface area contributed by atoms with Gasteiger partial charge in [-0.15, -0.1) is 0 Å². The number of carbonyl (C=O) groups is 1. The minimum Gasteiger partial charge on any atom is -0.382 e. The summed E-state index contributed by atoms with van der Waals surface area (Å²) in [6.07, 6.45) is 12.6. The van der Waals surface area contributed by atoms with Crippen molar-refractivity contribution in [3.8, 4) is 0 Å². The average Bonchev–Trinajstić information content (AvgIpc) is 2.38. The topological polar surface area (TPSA) is 32.3 Å². The lowest BCUT2D eigenvalue weighted by atomic mass is 10.3. The first-order valence-electron chi connectivity index (χ1n) is 5.48. The first-order chi connectivity index (χ1) is 7.84. The van der Waals surface area contributed by atoms with Gasteiger partial charge in [0.25, 0.3) is 0 Å². The summed E-state index contributed by atoms with van der Waals surface area (Å²) < 4.78 is 0. The van der Waals surface area contributed by atoms with Gasteiger partial charge in [-0.3, -0.25) is 4.79 Å². The standard InChI is InChI=1S/C11H14N2O.C2H6/c1-2-3-7-12-10-11(14)13-8-5-4-6-9-13;1-2/h2-8,12H,1,9-10H2;1-2H3/b7-3-;. The average molecular weight is 220 g/mol. The van der Waals surface area contributed by atoms with Gasteiger partial charge in [-0.2, -0.15) is 0 Å². The van der Waals surface area contributed by atoms with Gasteiger partial charge in [0.1, 0.15) is 0 Å². The van der Waals surface area contributed by atoms with Crippen LogP contribution >= 0.6 is 0 Å². The number of carbonyl (C=O) groups excluding carboxylic acids is 1. The lowest BCUT2D eigenvalue weighted by molar-refractivity contribution is -0.127. The molecule has 0 aromatic heterocycles. The molecule has 3 nitrogen and oxygen atoms in total. The quantitative estimate of drug-likeness (QED) is 0.737. The maximum Gasteiger partial charge on any atom is 0.246 e. The third kappa shape index (κ3) is 5.86. The van der Waals surface area contributed by atoms with Crippen molar-refractivity contribution in [3.05, 3.63) is 49.4 Å². The van der Waals surface area contributed by atoms with E-state index in [0.717, 1.165) is 0 Å². The lowest BCUT2D eigenvalue weighted by Gasteiger charge is -2.18. The van der Waals surface area contributed by atoms with Crippen LogP contribution in [0.4, 0.5) is 0 Å². The van der Waals surface area contributed by atoms with Gasteiger partial charge in [0.15, 0.2) is 0 Å². The Kier molecular flexibility index (Phi) is 8.69. The van der Waals surface area contributed by atoms with Crippen molar-refractivity contribution in [1.82, 2.24) is 10.2 Å². The summed E-state index contributed by atoms with van der Waals surface area (Å²) >= 11 is 0. The molecule has 1 amide bonds. The van der Waals surface area contributed by atoms with Crippen molar-refractivity contribution >= 4 is 5.91 Å². The molecule has 1 rings (SSSR count). The molecule has 0 aromatic rings. The van der Waals surface area contributed by atoms with Gasteiger partial charge in [0.05, 0.1) is 6.54 Å². The first kappa shape index (κ1) is 14.2. The highest BCUT2D eigenvalue weighted by Gasteiger charge is 2.08. The molecule has 0 saturated heterocycles. The van der Waals surface area contributed by atoms with Crippen LogP contribution in [0.1, 0.15) is 13.8 Å². The Morgan fingerprint density at radius 2 is 2.25 bits per heavy atom. The van der Waals surface area contributed by atoms with Crippen LogP contribution in [0.25, 0.3) is 0 Å². The molecule has 1 heterocycles. The molecule has 1 aliphatic heterocycles. The van der Waals surface area contributed by atoms with Gasteiger partial charge < -0.3 is 10.2 Å². The van der Waals surface area contributed by atoms with Crippen LogP contribution in [0.15, 0.2) is 49.4 Å². The van der Waals surface area contributed by atoms with E-state index in [1.807, 2.05) is 32.1 Å². The third-order valence-corrected chi connectivity index (χ3v) is 1.74. The van der Waals surface area contributed by atoms with Crippen LogP contribution in [-0.2, 0) is 4.79 Å². The van der Waals surface area contributed by atoms with Gasteiger partial charge >= 0.3 is 0 Å². The summed E-state index contributed by atoms with van der Waals surface area (Å²) in [5, 5.41) is 2.88. The number of amides is 1. The van der Waals surface area contributed by atoms with Crippen molar-refractivity contribution in [1.29, 1.82) is 0 Å². The van der Waals surface area contributed by atoms with Crippen LogP contribution in [0, 0.1) is 0 Å². The lowest BCUT2D eigenvalue weighted by Crippen LogP contribution is -2.33. The van der Waals surface area contributed by atoms with Gasteiger partial charge in [-0.25, -0.2) is 0 Å². The number of allylic oxidation sites excluding steroid dienone is 4. The van der Waals surface area contributed by atoms with Crippen LogP contribution in [0.3, 0.4) is 0 Å². The van der Waals surface area contributed by atoms with Crippen molar-refractivity contribution < 1.29 is 4.79 Å². The van der Waals surface area contributed by atoms with E-state index in [9.17, 15) is 4.79 Å². The minimum atomic E-state index is 0.0549. The molecule has 3 heteroatoms. The Morgan fingerprint density at radius 3 is 2.81 bits per heavy atom. The highest BCUT2D eigenvalue weighted by Crippen LogP contribution is 1.97. The Hall–Kier alpha value is -1.77. The summed E-state index contributed by atoms with van der Waals surface area (Å²) in [5.41, 5.74) is 0. The Labute approximate surface area is 97.8 Å². The monoisotopic (exact) mass is 220 g/mol. The molecular formula is C13H20N2O. The molecule has 0 atom stereocenters. The molecule has 0 radical (unpaired) electrons. The molecule has 0 spiro atoms. The van der Waals surface area contributed by atoms with Crippen molar-refractivity contribution in [3.63, 3.8) is 0 Å². The predicted octanol–water partition coefficient (Wildman–Crippen LogP) is 2.21. The number of hydrogen-bond donors (Lipinski definition) is 1. The van der Waals surface area contributed by atoms with Crippen molar-refractivity contribution in [2.24, 2.45) is 0 Å². The molecular weight excluding hydrogens is 200 g/mol. The van der Waals surface area contributed by atoms with E-state index >= 15 is 0 Å². The molecule has 16 heavy (non-hydrogen) atoms. The van der Waals surface area contributed by atoms with E-state index in [1.165, 1.54) is 0 Å². The summed E-state index contributed by atoms with van der Waals surface area (Å²) in [6, 6.07) is 0. The molecule has 0 unspecified atom stereocenters. The zero-order chi connectivity index (χ0) is 12.2. The van der Waals surface area contributed by atoms with E-state index in [4.69, 9.17) is 0 Å². The molecule has 0 bridgehead atoms. The van der Waals surface area contributed by atoms with Crippen LogP contribution in [0.5, 0.6) is 0 Å². The predicted molar refractivity (Wildman–Crippen MR) is 68.7 cm³/mol. The van der Waals surface area contributed by atoms with Crippen molar-refractivity contribution in [2.75, 3.05) is 13.1 Å². The summed E-state index contributed by atoms with van der Waals surface area (Å²) in [6.45, 7) is 8.49.